The number of anilines is 6. The Morgan fingerprint density at radius 3 is 2.21 bits per heavy atom. The summed E-state index contributed by atoms with van der Waals surface area (Å²) in [6, 6.07) is 24.5. The molecule has 1 aliphatic rings. The predicted octanol–water partition coefficient (Wildman–Crippen LogP) is 5.58. The van der Waals surface area contributed by atoms with Crippen molar-refractivity contribution in [1.82, 2.24) is 9.97 Å². The van der Waals surface area contributed by atoms with Gasteiger partial charge in [0, 0.05) is 47.5 Å². The van der Waals surface area contributed by atoms with Gasteiger partial charge in [-0.25, -0.2) is 4.98 Å². The Morgan fingerprint density at radius 2 is 1.51 bits per heavy atom. The molecule has 39 heavy (non-hydrogen) atoms. The van der Waals surface area contributed by atoms with Gasteiger partial charge in [0.25, 0.3) is 0 Å². The number of nitrogens with zero attached hydrogens (tertiary/aromatic N) is 3. The van der Waals surface area contributed by atoms with Gasteiger partial charge in [-0.05, 0) is 74.5 Å². The predicted molar refractivity (Wildman–Crippen MR) is 153 cm³/mol. The molecule has 198 valence electrons. The van der Waals surface area contributed by atoms with Gasteiger partial charge >= 0.3 is 0 Å². The average molecular weight is 523 g/mol. The van der Waals surface area contributed by atoms with Crippen molar-refractivity contribution in [3.63, 3.8) is 0 Å². The normalized spacial score (nSPS) is 14.7. The van der Waals surface area contributed by atoms with Crippen LogP contribution < -0.4 is 25.6 Å². The lowest BCUT2D eigenvalue weighted by Gasteiger charge is -2.17. The Morgan fingerprint density at radius 1 is 0.872 bits per heavy atom. The van der Waals surface area contributed by atoms with Crippen molar-refractivity contribution in [3.05, 3.63) is 90.1 Å². The van der Waals surface area contributed by atoms with E-state index in [1.807, 2.05) is 80.6 Å². The second-order valence-corrected chi connectivity index (χ2v) is 9.50. The number of ether oxygens (including phenoxy) is 1. The van der Waals surface area contributed by atoms with E-state index in [0.29, 0.717) is 29.7 Å². The fourth-order valence-corrected chi connectivity index (χ4v) is 4.38. The number of hydrogen-bond donors (Lipinski definition) is 3. The highest BCUT2D eigenvalue weighted by molar-refractivity contribution is 6.03. The molecule has 5 rings (SSSR count). The van der Waals surface area contributed by atoms with Crippen LogP contribution in [0.2, 0.25) is 0 Å². The van der Waals surface area contributed by atoms with Crippen LogP contribution in [0, 0.1) is 19.8 Å². The second kappa shape index (κ2) is 11.2. The fraction of sp³-hybridized carbons (Fsp3) is 0.200. The van der Waals surface area contributed by atoms with Gasteiger partial charge in [-0.1, -0.05) is 17.7 Å². The van der Waals surface area contributed by atoms with Crippen LogP contribution in [0.1, 0.15) is 17.7 Å². The SMILES string of the molecule is COc1ccc(N2CC(C(=O)Nc3ccc(Nc4cc(C)nc(Nc5ccc(C)cc5)n4)cc3)CC2=O)cc1. The monoisotopic (exact) mass is 522 g/mol. The minimum atomic E-state index is -0.430. The molecule has 3 N–H and O–H groups in total. The molecule has 1 atom stereocenters. The number of hydrogen-bond acceptors (Lipinski definition) is 7. The largest absolute Gasteiger partial charge is 0.497 e. The van der Waals surface area contributed by atoms with Crippen molar-refractivity contribution in [1.29, 1.82) is 0 Å². The molecule has 2 amide bonds. The van der Waals surface area contributed by atoms with Gasteiger partial charge in [-0.2, -0.15) is 4.98 Å². The van der Waals surface area contributed by atoms with E-state index in [9.17, 15) is 9.59 Å². The first kappa shape index (κ1) is 25.7. The third-order valence-corrected chi connectivity index (χ3v) is 6.47. The summed E-state index contributed by atoms with van der Waals surface area (Å²) in [5.41, 5.74) is 5.13. The summed E-state index contributed by atoms with van der Waals surface area (Å²) in [5, 5.41) is 9.46. The molecule has 0 radical (unpaired) electrons. The lowest BCUT2D eigenvalue weighted by atomic mass is 10.1. The number of carbonyl (C=O) groups excluding carboxylic acids is 2. The van der Waals surface area contributed by atoms with E-state index in [0.717, 1.165) is 22.8 Å². The van der Waals surface area contributed by atoms with Crippen molar-refractivity contribution < 1.29 is 14.3 Å². The molecule has 0 saturated carbocycles. The molecule has 1 unspecified atom stereocenters. The van der Waals surface area contributed by atoms with Gasteiger partial charge in [0.1, 0.15) is 11.6 Å². The summed E-state index contributed by atoms with van der Waals surface area (Å²) >= 11 is 0. The molecule has 1 aromatic heterocycles. The van der Waals surface area contributed by atoms with Crippen LogP contribution in [0.25, 0.3) is 0 Å². The maximum atomic E-state index is 12.9. The van der Waals surface area contributed by atoms with E-state index in [4.69, 9.17) is 4.74 Å². The first-order chi connectivity index (χ1) is 18.9. The molecule has 1 fully saturated rings. The van der Waals surface area contributed by atoms with Crippen molar-refractivity contribution >= 4 is 46.3 Å². The molecule has 0 aliphatic carbocycles. The first-order valence-electron chi connectivity index (χ1n) is 12.7. The van der Waals surface area contributed by atoms with E-state index in [2.05, 4.69) is 25.9 Å². The summed E-state index contributed by atoms with van der Waals surface area (Å²) in [7, 11) is 1.59. The van der Waals surface area contributed by atoms with Crippen LogP contribution in [-0.4, -0.2) is 35.4 Å². The third kappa shape index (κ3) is 6.32. The Hall–Kier alpha value is -4.92. The van der Waals surface area contributed by atoms with Gasteiger partial charge < -0.3 is 25.6 Å². The molecule has 0 bridgehead atoms. The third-order valence-electron chi connectivity index (χ3n) is 6.47. The van der Waals surface area contributed by atoms with Crippen molar-refractivity contribution in [2.24, 2.45) is 5.92 Å². The summed E-state index contributed by atoms with van der Waals surface area (Å²) < 4.78 is 5.18. The van der Waals surface area contributed by atoms with Crippen LogP contribution in [0.3, 0.4) is 0 Å². The number of aromatic nitrogens is 2. The highest BCUT2D eigenvalue weighted by atomic mass is 16.5. The average Bonchev–Trinajstić information content (AvgIpc) is 3.32. The topological polar surface area (TPSA) is 108 Å². The van der Waals surface area contributed by atoms with Gasteiger partial charge in [0.15, 0.2) is 0 Å². The molecule has 2 heterocycles. The number of nitrogens with one attached hydrogen (secondary N) is 3. The number of benzene rings is 3. The number of amides is 2. The summed E-state index contributed by atoms with van der Waals surface area (Å²) in [5.74, 6) is 1.18. The molecule has 3 aromatic carbocycles. The molecule has 1 saturated heterocycles. The van der Waals surface area contributed by atoms with Crippen LogP contribution in [0.4, 0.5) is 34.5 Å². The number of carbonyl (C=O) groups is 2. The van der Waals surface area contributed by atoms with Crippen LogP contribution in [-0.2, 0) is 9.59 Å². The van der Waals surface area contributed by atoms with E-state index >= 15 is 0 Å². The lowest BCUT2D eigenvalue weighted by molar-refractivity contribution is -0.122. The molecular formula is C30H30N6O3. The van der Waals surface area contributed by atoms with Crippen LogP contribution in [0.5, 0.6) is 5.75 Å². The standard InChI is InChI=1S/C30H30N6O3/c1-19-4-6-24(7-5-19)34-30-31-20(2)16-27(35-30)32-22-8-10-23(11-9-22)33-29(38)21-17-28(37)36(18-21)25-12-14-26(39-3)15-13-25/h4-16,21H,17-18H2,1-3H3,(H,33,38)(H2,31,32,34,35). The Kier molecular flexibility index (Phi) is 7.40. The van der Waals surface area contributed by atoms with Gasteiger partial charge in [0.2, 0.25) is 17.8 Å². The smallest absolute Gasteiger partial charge is 0.229 e. The zero-order valence-corrected chi connectivity index (χ0v) is 22.1. The molecule has 9 heteroatoms. The van der Waals surface area contributed by atoms with Crippen molar-refractivity contribution in [2.75, 3.05) is 34.5 Å². The van der Waals surface area contributed by atoms with Gasteiger partial charge in [-0.3, -0.25) is 9.59 Å². The number of rotatable bonds is 8. The van der Waals surface area contributed by atoms with Gasteiger partial charge in [0.05, 0.1) is 13.0 Å². The highest BCUT2D eigenvalue weighted by Gasteiger charge is 2.35. The van der Waals surface area contributed by atoms with E-state index in [1.165, 1.54) is 5.56 Å². The maximum Gasteiger partial charge on any atom is 0.229 e. The van der Waals surface area contributed by atoms with E-state index in [-0.39, 0.29) is 18.2 Å². The molecule has 9 nitrogen and oxygen atoms in total. The molecule has 0 spiro atoms. The fourth-order valence-electron chi connectivity index (χ4n) is 4.38. The second-order valence-electron chi connectivity index (χ2n) is 9.50. The van der Waals surface area contributed by atoms with E-state index < -0.39 is 5.92 Å². The quantitative estimate of drug-likeness (QED) is 0.277. The Balaban J connectivity index is 1.19. The zero-order valence-electron chi connectivity index (χ0n) is 22.1. The Bertz CT molecular complexity index is 1470. The minimum absolute atomic E-state index is 0.0729. The number of aryl methyl sites for hydroxylation is 2. The lowest BCUT2D eigenvalue weighted by Crippen LogP contribution is -2.28. The molecule has 1 aliphatic heterocycles. The van der Waals surface area contributed by atoms with Crippen molar-refractivity contribution in [3.8, 4) is 5.75 Å². The summed E-state index contributed by atoms with van der Waals surface area (Å²) in [6.45, 7) is 4.29. The highest BCUT2D eigenvalue weighted by Crippen LogP contribution is 2.28. The number of methoxy groups -OCH3 is 1. The minimum Gasteiger partial charge on any atom is -0.497 e. The van der Waals surface area contributed by atoms with Crippen LogP contribution >= 0.6 is 0 Å². The maximum absolute atomic E-state index is 12.9. The molecule has 4 aromatic rings. The van der Waals surface area contributed by atoms with E-state index in [1.54, 1.807) is 24.1 Å². The van der Waals surface area contributed by atoms with Crippen LogP contribution in [0.15, 0.2) is 78.9 Å². The summed E-state index contributed by atoms with van der Waals surface area (Å²) in [6.07, 6.45) is 0.170. The Labute approximate surface area is 227 Å². The van der Waals surface area contributed by atoms with Crippen molar-refractivity contribution in [2.45, 2.75) is 20.3 Å². The molecular weight excluding hydrogens is 492 g/mol. The van der Waals surface area contributed by atoms with Gasteiger partial charge in [-0.15, -0.1) is 0 Å². The summed E-state index contributed by atoms with van der Waals surface area (Å²) in [4.78, 5) is 36.2. The first-order valence-corrected chi connectivity index (χ1v) is 12.7. The zero-order chi connectivity index (χ0) is 27.4.